The Kier molecular flexibility index (Phi) is 5.16. The molecule has 0 saturated heterocycles. The summed E-state index contributed by atoms with van der Waals surface area (Å²) in [5, 5.41) is 18.5. The van der Waals surface area contributed by atoms with Crippen molar-refractivity contribution in [1.82, 2.24) is 0 Å². The molecular formula is C22H14N2O3. The quantitative estimate of drug-likeness (QED) is 0.502. The Labute approximate surface area is 156 Å². The maximum absolute atomic E-state index is 11.9. The third-order valence-corrected chi connectivity index (χ3v) is 3.93. The Balaban J connectivity index is 1.99. The highest BCUT2D eigenvalue weighted by Gasteiger charge is 2.15. The minimum absolute atomic E-state index is 0.370. The first-order valence-electron chi connectivity index (χ1n) is 8.06. The van der Waals surface area contributed by atoms with Gasteiger partial charge in [-0.05, 0) is 42.0 Å². The number of esters is 1. The number of hydrogen-bond acceptors (Lipinski definition) is 5. The average Bonchev–Trinajstić information content (AvgIpc) is 3.20. The van der Waals surface area contributed by atoms with Crippen molar-refractivity contribution in [2.45, 2.75) is 0 Å². The second-order valence-electron chi connectivity index (χ2n) is 5.60. The summed E-state index contributed by atoms with van der Waals surface area (Å²) in [4.78, 5) is 11.9. The van der Waals surface area contributed by atoms with Crippen LogP contribution in [-0.2, 0) is 4.74 Å². The molecule has 0 aliphatic rings. The highest BCUT2D eigenvalue weighted by Crippen LogP contribution is 2.28. The Morgan fingerprint density at radius 2 is 1.89 bits per heavy atom. The number of methoxy groups -OCH3 is 1. The van der Waals surface area contributed by atoms with Gasteiger partial charge in [-0.25, -0.2) is 4.79 Å². The Hall–Kier alpha value is -4.09. The van der Waals surface area contributed by atoms with E-state index in [9.17, 15) is 10.1 Å². The Morgan fingerprint density at radius 3 is 2.63 bits per heavy atom. The molecule has 0 atom stereocenters. The molecule has 0 bridgehead atoms. The molecule has 0 spiro atoms. The van der Waals surface area contributed by atoms with Crippen LogP contribution in [0.15, 0.2) is 65.1 Å². The molecule has 0 N–H and O–H groups in total. The highest BCUT2D eigenvalue weighted by molar-refractivity contribution is 5.96. The normalized spacial score (nSPS) is 10.7. The van der Waals surface area contributed by atoms with E-state index in [1.54, 1.807) is 66.7 Å². The maximum atomic E-state index is 11.9. The molecule has 1 aromatic heterocycles. The number of carbonyl (C=O) groups is 1. The standard InChI is InChI=1S/C22H14N2O3/c1-26-22(25)20-8-3-2-7-19(20)21-10-9-18(27-21)12-17(14-24)16-6-4-5-15(11-16)13-23/h2-12H,1H3/b17-12-. The minimum atomic E-state index is -0.454. The maximum Gasteiger partial charge on any atom is 0.338 e. The highest BCUT2D eigenvalue weighted by atomic mass is 16.5. The summed E-state index contributed by atoms with van der Waals surface area (Å²) in [6.45, 7) is 0. The Bertz CT molecular complexity index is 1110. The predicted octanol–water partition coefficient (Wildman–Crippen LogP) is 4.67. The topological polar surface area (TPSA) is 87.0 Å². The lowest BCUT2D eigenvalue weighted by molar-refractivity contribution is 0.0601. The summed E-state index contributed by atoms with van der Waals surface area (Å²) in [6.07, 6.45) is 1.60. The van der Waals surface area contributed by atoms with Crippen molar-refractivity contribution in [3.63, 3.8) is 0 Å². The van der Waals surface area contributed by atoms with E-state index < -0.39 is 5.97 Å². The summed E-state index contributed by atoms with van der Waals surface area (Å²) in [7, 11) is 1.32. The summed E-state index contributed by atoms with van der Waals surface area (Å²) in [6, 6.07) is 21.4. The van der Waals surface area contributed by atoms with Crippen LogP contribution in [0.4, 0.5) is 0 Å². The van der Waals surface area contributed by atoms with E-state index in [2.05, 4.69) is 12.1 Å². The first kappa shape index (κ1) is 17.7. The smallest absolute Gasteiger partial charge is 0.338 e. The first-order chi connectivity index (χ1) is 13.2. The second kappa shape index (κ2) is 7.86. The van der Waals surface area contributed by atoms with Crippen LogP contribution in [0, 0.1) is 22.7 Å². The van der Waals surface area contributed by atoms with Crippen LogP contribution in [0.3, 0.4) is 0 Å². The molecule has 5 nitrogen and oxygen atoms in total. The summed E-state index contributed by atoms with van der Waals surface area (Å²) >= 11 is 0. The van der Waals surface area contributed by atoms with Gasteiger partial charge in [0.15, 0.2) is 0 Å². The van der Waals surface area contributed by atoms with Gasteiger partial charge in [0, 0.05) is 5.56 Å². The molecule has 2 aromatic carbocycles. The number of nitrogens with zero attached hydrogens (tertiary/aromatic N) is 2. The van der Waals surface area contributed by atoms with Gasteiger partial charge in [-0.2, -0.15) is 10.5 Å². The third kappa shape index (κ3) is 3.78. The van der Waals surface area contributed by atoms with Crippen LogP contribution >= 0.6 is 0 Å². The second-order valence-corrected chi connectivity index (χ2v) is 5.60. The van der Waals surface area contributed by atoms with Crippen LogP contribution in [0.5, 0.6) is 0 Å². The molecule has 5 heteroatoms. The van der Waals surface area contributed by atoms with Gasteiger partial charge in [-0.15, -0.1) is 0 Å². The molecule has 0 saturated carbocycles. The first-order valence-corrected chi connectivity index (χ1v) is 8.06. The van der Waals surface area contributed by atoms with Crippen molar-refractivity contribution in [3.05, 3.63) is 83.1 Å². The molecular weight excluding hydrogens is 340 g/mol. The van der Waals surface area contributed by atoms with E-state index in [0.29, 0.717) is 39.3 Å². The van der Waals surface area contributed by atoms with Crippen LogP contribution in [0.2, 0.25) is 0 Å². The third-order valence-electron chi connectivity index (χ3n) is 3.93. The molecule has 130 valence electrons. The summed E-state index contributed by atoms with van der Waals surface area (Å²) < 4.78 is 10.6. The molecule has 0 radical (unpaired) electrons. The number of ether oxygens (including phenoxy) is 1. The molecule has 27 heavy (non-hydrogen) atoms. The fourth-order valence-corrected chi connectivity index (χ4v) is 2.64. The van der Waals surface area contributed by atoms with Gasteiger partial charge in [0.2, 0.25) is 0 Å². The van der Waals surface area contributed by atoms with Gasteiger partial charge < -0.3 is 9.15 Å². The molecule has 0 aliphatic heterocycles. The predicted molar refractivity (Wildman–Crippen MR) is 100 cm³/mol. The van der Waals surface area contributed by atoms with E-state index in [0.717, 1.165) is 0 Å². The minimum Gasteiger partial charge on any atom is -0.465 e. The molecule has 0 amide bonds. The number of rotatable bonds is 4. The van der Waals surface area contributed by atoms with E-state index in [4.69, 9.17) is 14.4 Å². The van der Waals surface area contributed by atoms with Crippen LogP contribution in [-0.4, -0.2) is 13.1 Å². The van der Waals surface area contributed by atoms with Gasteiger partial charge in [0.05, 0.1) is 35.9 Å². The fraction of sp³-hybridized carbons (Fsp3) is 0.0455. The zero-order valence-electron chi connectivity index (χ0n) is 14.5. The summed E-state index contributed by atoms with van der Waals surface area (Å²) in [5.41, 5.74) is 2.47. The molecule has 3 rings (SSSR count). The number of benzene rings is 2. The Morgan fingerprint density at radius 1 is 1.07 bits per heavy atom. The number of furan rings is 1. The zero-order chi connectivity index (χ0) is 19.2. The largest absolute Gasteiger partial charge is 0.465 e. The van der Waals surface area contributed by atoms with Gasteiger partial charge in [0.1, 0.15) is 11.5 Å². The van der Waals surface area contributed by atoms with E-state index in [-0.39, 0.29) is 0 Å². The van der Waals surface area contributed by atoms with Crippen molar-refractivity contribution in [2.75, 3.05) is 7.11 Å². The average molecular weight is 354 g/mol. The number of hydrogen-bond donors (Lipinski definition) is 0. The van der Waals surface area contributed by atoms with Crippen LogP contribution < -0.4 is 0 Å². The van der Waals surface area contributed by atoms with Crippen molar-refractivity contribution < 1.29 is 13.9 Å². The van der Waals surface area contributed by atoms with E-state index >= 15 is 0 Å². The number of nitriles is 2. The van der Waals surface area contributed by atoms with Gasteiger partial charge >= 0.3 is 5.97 Å². The van der Waals surface area contributed by atoms with Crippen molar-refractivity contribution in [3.8, 4) is 23.5 Å². The molecule has 1 heterocycles. The zero-order valence-corrected chi connectivity index (χ0v) is 14.5. The van der Waals surface area contributed by atoms with Crippen LogP contribution in [0.25, 0.3) is 23.0 Å². The number of carbonyl (C=O) groups excluding carboxylic acids is 1. The lowest BCUT2D eigenvalue weighted by atomic mass is 10.0. The molecule has 3 aromatic rings. The fourth-order valence-electron chi connectivity index (χ4n) is 2.64. The lowest BCUT2D eigenvalue weighted by Crippen LogP contribution is -2.02. The van der Waals surface area contributed by atoms with Crippen LogP contribution in [0.1, 0.15) is 27.2 Å². The van der Waals surface area contributed by atoms with E-state index in [1.807, 2.05) is 0 Å². The SMILES string of the molecule is COC(=O)c1ccccc1-c1ccc(/C=C(/C#N)c2cccc(C#N)c2)o1. The van der Waals surface area contributed by atoms with E-state index in [1.165, 1.54) is 7.11 Å². The van der Waals surface area contributed by atoms with Gasteiger partial charge in [-0.1, -0.05) is 30.3 Å². The molecule has 0 unspecified atom stereocenters. The molecule has 0 fully saturated rings. The summed E-state index contributed by atoms with van der Waals surface area (Å²) in [5.74, 6) is 0.499. The number of allylic oxidation sites excluding steroid dienone is 1. The lowest BCUT2D eigenvalue weighted by Gasteiger charge is -2.04. The van der Waals surface area contributed by atoms with Gasteiger partial charge in [-0.3, -0.25) is 0 Å². The van der Waals surface area contributed by atoms with Crippen molar-refractivity contribution in [2.24, 2.45) is 0 Å². The van der Waals surface area contributed by atoms with Gasteiger partial charge in [0.25, 0.3) is 0 Å². The van der Waals surface area contributed by atoms with Crippen molar-refractivity contribution in [1.29, 1.82) is 10.5 Å². The monoisotopic (exact) mass is 354 g/mol. The van der Waals surface area contributed by atoms with Crippen molar-refractivity contribution >= 4 is 17.6 Å². The molecule has 0 aliphatic carbocycles.